The van der Waals surface area contributed by atoms with E-state index in [1.165, 1.54) is 11.8 Å². The molecule has 1 aliphatic heterocycles. The smallest absolute Gasteiger partial charge is 0.240 e. The van der Waals surface area contributed by atoms with Gasteiger partial charge in [-0.05, 0) is 30.5 Å². The van der Waals surface area contributed by atoms with Crippen molar-refractivity contribution in [2.45, 2.75) is 29.2 Å². The van der Waals surface area contributed by atoms with Crippen LogP contribution in [0, 0.1) is 0 Å². The van der Waals surface area contributed by atoms with Crippen LogP contribution in [0.25, 0.3) is 5.69 Å². The Balaban J connectivity index is 1.47. The fourth-order valence-corrected chi connectivity index (χ4v) is 4.69. The lowest BCUT2D eigenvalue weighted by Crippen LogP contribution is -2.42. The van der Waals surface area contributed by atoms with Crippen LogP contribution in [0.2, 0.25) is 0 Å². The number of carbonyl (C=O) groups is 1. The summed E-state index contributed by atoms with van der Waals surface area (Å²) in [4.78, 5) is 20.2. The van der Waals surface area contributed by atoms with Crippen LogP contribution in [-0.2, 0) is 9.53 Å². The van der Waals surface area contributed by atoms with Gasteiger partial charge in [0.1, 0.15) is 11.1 Å². The zero-order valence-electron chi connectivity index (χ0n) is 16.7. The molecule has 0 spiro atoms. The number of para-hydroxylation sites is 1. The molecule has 6 nitrogen and oxygen atoms in total. The van der Waals surface area contributed by atoms with E-state index in [1.54, 1.807) is 0 Å². The second-order valence-corrected chi connectivity index (χ2v) is 8.69. The van der Waals surface area contributed by atoms with E-state index in [-0.39, 0.29) is 11.2 Å². The van der Waals surface area contributed by atoms with Gasteiger partial charge in [0.2, 0.25) is 11.1 Å². The summed E-state index contributed by atoms with van der Waals surface area (Å²) in [7, 11) is 0. The molecule has 1 atom stereocenters. The van der Waals surface area contributed by atoms with Gasteiger partial charge in [-0.3, -0.25) is 4.79 Å². The summed E-state index contributed by atoms with van der Waals surface area (Å²) in [5.74, 6) is 1.55. The predicted molar refractivity (Wildman–Crippen MR) is 116 cm³/mol. The minimum absolute atomic E-state index is 0.0959. The fourth-order valence-electron chi connectivity index (χ4n) is 3.66. The molecule has 0 bridgehead atoms. The van der Waals surface area contributed by atoms with E-state index in [0.717, 1.165) is 29.9 Å². The Bertz CT molecular complexity index is 999. The van der Waals surface area contributed by atoms with Gasteiger partial charge in [0.05, 0.1) is 18.9 Å². The van der Waals surface area contributed by atoms with E-state index >= 15 is 0 Å². The third-order valence-corrected chi connectivity index (χ3v) is 6.52. The van der Waals surface area contributed by atoms with Gasteiger partial charge in [-0.1, -0.05) is 60.3 Å². The SMILES string of the molecule is O=C(C(Sc1nc(C2CC2)n(-c2ccccc2)n1)c1ccccc1)N1CCOCC1. The monoisotopic (exact) mass is 420 g/mol. The van der Waals surface area contributed by atoms with Crippen LogP contribution in [0.4, 0.5) is 0 Å². The van der Waals surface area contributed by atoms with Crippen molar-refractivity contribution in [2.24, 2.45) is 0 Å². The molecule has 1 unspecified atom stereocenters. The second kappa shape index (κ2) is 8.62. The molecule has 0 radical (unpaired) electrons. The molecular formula is C23H24N4O2S. The van der Waals surface area contributed by atoms with Gasteiger partial charge in [-0.25, -0.2) is 9.67 Å². The van der Waals surface area contributed by atoms with Crippen molar-refractivity contribution in [2.75, 3.05) is 26.3 Å². The van der Waals surface area contributed by atoms with Gasteiger partial charge in [0.25, 0.3) is 0 Å². The number of morpholine rings is 1. The maximum absolute atomic E-state index is 13.4. The van der Waals surface area contributed by atoms with E-state index < -0.39 is 0 Å². The van der Waals surface area contributed by atoms with Crippen LogP contribution in [0.3, 0.4) is 0 Å². The maximum atomic E-state index is 13.4. The first kappa shape index (κ1) is 19.3. The molecule has 0 N–H and O–H groups in total. The highest BCUT2D eigenvalue weighted by Gasteiger charge is 2.33. The van der Waals surface area contributed by atoms with Crippen molar-refractivity contribution in [1.29, 1.82) is 0 Å². The molecule has 30 heavy (non-hydrogen) atoms. The van der Waals surface area contributed by atoms with Gasteiger partial charge in [0.15, 0.2) is 0 Å². The lowest BCUT2D eigenvalue weighted by Gasteiger charge is -2.30. The van der Waals surface area contributed by atoms with E-state index in [0.29, 0.717) is 37.4 Å². The molecule has 1 saturated heterocycles. The van der Waals surface area contributed by atoms with Crippen LogP contribution in [-0.4, -0.2) is 51.9 Å². The van der Waals surface area contributed by atoms with Crippen LogP contribution < -0.4 is 0 Å². The summed E-state index contributed by atoms with van der Waals surface area (Å²) < 4.78 is 7.37. The van der Waals surface area contributed by atoms with Crippen LogP contribution in [0.1, 0.15) is 35.4 Å². The lowest BCUT2D eigenvalue weighted by molar-refractivity contribution is -0.134. The normalized spacial score (nSPS) is 17.7. The largest absolute Gasteiger partial charge is 0.378 e. The number of nitrogens with zero attached hydrogens (tertiary/aromatic N) is 4. The zero-order chi connectivity index (χ0) is 20.3. The molecular weight excluding hydrogens is 396 g/mol. The molecule has 2 aliphatic rings. The van der Waals surface area contributed by atoms with Gasteiger partial charge in [-0.15, -0.1) is 5.10 Å². The van der Waals surface area contributed by atoms with Gasteiger partial charge >= 0.3 is 0 Å². The fraction of sp³-hybridized carbons (Fsp3) is 0.348. The Morgan fingerprint density at radius 1 is 1.00 bits per heavy atom. The van der Waals surface area contributed by atoms with Crippen molar-refractivity contribution in [3.63, 3.8) is 0 Å². The Kier molecular flexibility index (Phi) is 5.55. The summed E-state index contributed by atoms with van der Waals surface area (Å²) in [6, 6.07) is 20.0. The minimum atomic E-state index is -0.372. The summed E-state index contributed by atoms with van der Waals surface area (Å²) in [6.45, 7) is 2.43. The van der Waals surface area contributed by atoms with Crippen LogP contribution >= 0.6 is 11.8 Å². The number of hydrogen-bond donors (Lipinski definition) is 0. The van der Waals surface area contributed by atoms with E-state index in [9.17, 15) is 4.79 Å². The number of hydrogen-bond acceptors (Lipinski definition) is 5. The number of thioether (sulfide) groups is 1. The number of amides is 1. The average molecular weight is 421 g/mol. The minimum Gasteiger partial charge on any atom is -0.378 e. The number of carbonyl (C=O) groups excluding carboxylic acids is 1. The Morgan fingerprint density at radius 3 is 2.33 bits per heavy atom. The van der Waals surface area contributed by atoms with Crippen molar-refractivity contribution in [1.82, 2.24) is 19.7 Å². The van der Waals surface area contributed by atoms with Crippen LogP contribution in [0.15, 0.2) is 65.8 Å². The molecule has 154 valence electrons. The highest BCUT2D eigenvalue weighted by Crippen LogP contribution is 2.42. The first-order valence-corrected chi connectivity index (χ1v) is 11.3. The Morgan fingerprint density at radius 2 is 1.67 bits per heavy atom. The standard InChI is InChI=1S/C23H24N4O2S/c28-22(26-13-15-29-16-14-26)20(17-7-3-1-4-8-17)30-23-24-21(18-11-12-18)27(25-23)19-9-5-2-6-10-19/h1-10,18,20H,11-16H2. The third kappa shape index (κ3) is 4.13. The third-order valence-electron chi connectivity index (χ3n) is 5.43. The van der Waals surface area contributed by atoms with Gasteiger partial charge < -0.3 is 9.64 Å². The van der Waals surface area contributed by atoms with E-state index in [2.05, 4.69) is 0 Å². The molecule has 5 rings (SSSR count). The second-order valence-electron chi connectivity index (χ2n) is 7.62. The topological polar surface area (TPSA) is 60.2 Å². The van der Waals surface area contributed by atoms with E-state index in [1.807, 2.05) is 70.2 Å². The van der Waals surface area contributed by atoms with Crippen molar-refractivity contribution in [3.05, 3.63) is 72.1 Å². The van der Waals surface area contributed by atoms with Gasteiger partial charge in [0, 0.05) is 19.0 Å². The van der Waals surface area contributed by atoms with Gasteiger partial charge in [-0.2, -0.15) is 0 Å². The van der Waals surface area contributed by atoms with Crippen molar-refractivity contribution < 1.29 is 9.53 Å². The molecule has 3 aromatic rings. The number of rotatable bonds is 6. The summed E-state index contributed by atoms with van der Waals surface area (Å²) in [5.41, 5.74) is 1.98. The summed E-state index contributed by atoms with van der Waals surface area (Å²) >= 11 is 1.44. The number of ether oxygens (including phenoxy) is 1. The average Bonchev–Trinajstić information content (AvgIpc) is 3.58. The number of aromatic nitrogens is 3. The Hall–Kier alpha value is -2.64. The molecule has 2 fully saturated rings. The highest BCUT2D eigenvalue weighted by molar-refractivity contribution is 8.00. The number of benzene rings is 2. The van der Waals surface area contributed by atoms with E-state index in [4.69, 9.17) is 14.8 Å². The maximum Gasteiger partial charge on any atom is 0.240 e. The zero-order valence-corrected chi connectivity index (χ0v) is 17.5. The summed E-state index contributed by atoms with van der Waals surface area (Å²) in [5, 5.41) is 5.08. The molecule has 1 aromatic heterocycles. The molecule has 1 saturated carbocycles. The quantitative estimate of drug-likeness (QED) is 0.567. The molecule has 2 aromatic carbocycles. The van der Waals surface area contributed by atoms with Crippen molar-refractivity contribution >= 4 is 17.7 Å². The molecule has 2 heterocycles. The molecule has 7 heteroatoms. The highest BCUT2D eigenvalue weighted by atomic mass is 32.2. The first-order chi connectivity index (χ1) is 14.8. The molecule has 1 aliphatic carbocycles. The lowest BCUT2D eigenvalue weighted by atomic mass is 10.1. The van der Waals surface area contributed by atoms with Crippen LogP contribution in [0.5, 0.6) is 0 Å². The van der Waals surface area contributed by atoms with Crippen molar-refractivity contribution in [3.8, 4) is 5.69 Å². The first-order valence-electron chi connectivity index (χ1n) is 10.4. The Labute approximate surface area is 180 Å². The molecule has 1 amide bonds. The predicted octanol–water partition coefficient (Wildman–Crippen LogP) is 3.84. The summed E-state index contributed by atoms with van der Waals surface area (Å²) in [6.07, 6.45) is 2.29.